The lowest BCUT2D eigenvalue weighted by Crippen LogP contribution is -2.46. The monoisotopic (exact) mass is 484 g/mol. The molecule has 34 heavy (non-hydrogen) atoms. The molecule has 2 saturated heterocycles. The number of aromatic nitrogens is 1. The third-order valence-corrected chi connectivity index (χ3v) is 6.79. The van der Waals surface area contributed by atoms with Gasteiger partial charge in [0.15, 0.2) is 11.5 Å². The number of benzene rings is 2. The first-order valence-electron chi connectivity index (χ1n) is 11.0. The molecule has 4 amide bonds. The number of fused-ring (bicyclic) bond motifs is 1. The summed E-state index contributed by atoms with van der Waals surface area (Å²) in [5.41, 5.74) is 0.459. The quantitative estimate of drug-likeness (QED) is 0.568. The molecule has 1 unspecified atom stereocenters. The summed E-state index contributed by atoms with van der Waals surface area (Å²) >= 11 is 6.02. The molecule has 2 aliphatic rings. The van der Waals surface area contributed by atoms with Crippen LogP contribution in [0.5, 0.6) is 0 Å². The molecule has 0 spiro atoms. The van der Waals surface area contributed by atoms with E-state index in [2.05, 4.69) is 10.3 Å². The molecule has 3 heterocycles. The molecule has 1 N–H and O–H groups in total. The molecule has 176 valence electrons. The summed E-state index contributed by atoms with van der Waals surface area (Å²) in [6.45, 7) is 2.11. The van der Waals surface area contributed by atoms with Crippen LogP contribution in [0.15, 0.2) is 46.9 Å². The standard InChI is InChI=1S/C24H22ClFN4O4/c1-24(15-2-5-17(26)6-3-15)22(32)30(23(33)28-24)13-20(31)29-10-8-14(9-11-29)21-27-18-12-16(25)4-7-19(18)34-21/h2-7,12,14H,8-11,13H2,1H3,(H,28,33). The first-order valence-corrected chi connectivity index (χ1v) is 11.4. The number of imide groups is 1. The first-order chi connectivity index (χ1) is 16.2. The van der Waals surface area contributed by atoms with Gasteiger partial charge in [0.1, 0.15) is 23.4 Å². The summed E-state index contributed by atoms with van der Waals surface area (Å²) in [7, 11) is 0. The van der Waals surface area contributed by atoms with Gasteiger partial charge in [-0.25, -0.2) is 14.2 Å². The number of piperidine rings is 1. The van der Waals surface area contributed by atoms with E-state index in [0.29, 0.717) is 53.5 Å². The van der Waals surface area contributed by atoms with Crippen LogP contribution in [0, 0.1) is 5.82 Å². The summed E-state index contributed by atoms with van der Waals surface area (Å²) in [5.74, 6) is -0.615. The fourth-order valence-electron chi connectivity index (χ4n) is 4.52. The normalized spacial score (nSPS) is 21.4. The smallest absolute Gasteiger partial charge is 0.325 e. The minimum atomic E-state index is -1.35. The fraction of sp³-hybridized carbons (Fsp3) is 0.333. The Hall–Kier alpha value is -3.46. The number of carbonyl (C=O) groups excluding carboxylic acids is 3. The SMILES string of the molecule is CC1(c2ccc(F)cc2)NC(=O)N(CC(=O)N2CCC(c3nc4cc(Cl)ccc4o3)CC2)C1=O. The molecule has 8 nitrogen and oxygen atoms in total. The Labute approximate surface area is 199 Å². The zero-order chi connectivity index (χ0) is 24.0. The van der Waals surface area contributed by atoms with E-state index in [1.54, 1.807) is 30.0 Å². The minimum Gasteiger partial charge on any atom is -0.440 e. The van der Waals surface area contributed by atoms with Crippen molar-refractivity contribution in [2.45, 2.75) is 31.2 Å². The number of amides is 4. The van der Waals surface area contributed by atoms with Crippen molar-refractivity contribution < 1.29 is 23.2 Å². The number of nitrogens with one attached hydrogen (secondary N) is 1. The third kappa shape index (κ3) is 3.90. The van der Waals surface area contributed by atoms with E-state index >= 15 is 0 Å². The molecule has 10 heteroatoms. The molecule has 0 radical (unpaired) electrons. The van der Waals surface area contributed by atoms with Gasteiger partial charge in [0.25, 0.3) is 5.91 Å². The molecule has 0 bridgehead atoms. The number of hydrogen-bond donors (Lipinski definition) is 1. The van der Waals surface area contributed by atoms with Crippen LogP contribution in [-0.2, 0) is 15.1 Å². The summed E-state index contributed by atoms with van der Waals surface area (Å²) in [4.78, 5) is 45.6. The van der Waals surface area contributed by atoms with E-state index in [4.69, 9.17) is 16.0 Å². The first kappa shape index (κ1) is 22.3. The molecule has 0 aliphatic carbocycles. The second kappa shape index (κ2) is 8.39. The Morgan fingerprint density at radius 2 is 1.91 bits per heavy atom. The van der Waals surface area contributed by atoms with Gasteiger partial charge in [-0.3, -0.25) is 14.5 Å². The molecule has 5 rings (SSSR count). The van der Waals surface area contributed by atoms with Crippen molar-refractivity contribution in [1.82, 2.24) is 20.1 Å². The van der Waals surface area contributed by atoms with Crippen molar-refractivity contribution in [2.24, 2.45) is 0 Å². The lowest BCUT2D eigenvalue weighted by molar-refractivity contribution is -0.139. The highest BCUT2D eigenvalue weighted by Crippen LogP contribution is 2.32. The highest BCUT2D eigenvalue weighted by atomic mass is 35.5. The second-order valence-corrected chi connectivity index (χ2v) is 9.21. The molecular formula is C24H22ClFN4O4. The minimum absolute atomic E-state index is 0.0636. The highest BCUT2D eigenvalue weighted by Gasteiger charge is 2.49. The topological polar surface area (TPSA) is 95.8 Å². The van der Waals surface area contributed by atoms with Gasteiger partial charge < -0.3 is 14.6 Å². The number of rotatable bonds is 4. The molecule has 1 atom stereocenters. The number of halogens is 2. The van der Waals surface area contributed by atoms with Crippen LogP contribution in [0.3, 0.4) is 0 Å². The van der Waals surface area contributed by atoms with Gasteiger partial charge in [-0.2, -0.15) is 0 Å². The summed E-state index contributed by atoms with van der Waals surface area (Å²) < 4.78 is 19.1. The maximum atomic E-state index is 13.3. The van der Waals surface area contributed by atoms with Crippen LogP contribution >= 0.6 is 11.6 Å². The predicted octanol–water partition coefficient (Wildman–Crippen LogP) is 3.79. The van der Waals surface area contributed by atoms with Crippen LogP contribution in [0.25, 0.3) is 11.1 Å². The zero-order valence-corrected chi connectivity index (χ0v) is 19.1. The Bertz CT molecular complexity index is 1290. The largest absolute Gasteiger partial charge is 0.440 e. The summed E-state index contributed by atoms with van der Waals surface area (Å²) in [6, 6.07) is 9.98. The summed E-state index contributed by atoms with van der Waals surface area (Å²) in [5, 5.41) is 3.22. The number of hydrogen-bond acceptors (Lipinski definition) is 5. The molecule has 2 aliphatic heterocycles. The van der Waals surface area contributed by atoms with Gasteiger partial charge in [0.2, 0.25) is 5.91 Å². The van der Waals surface area contributed by atoms with Crippen LogP contribution in [0.1, 0.15) is 37.1 Å². The molecule has 1 aromatic heterocycles. The number of nitrogens with zero attached hydrogens (tertiary/aromatic N) is 3. The Morgan fingerprint density at radius 1 is 1.21 bits per heavy atom. The van der Waals surface area contributed by atoms with Crippen LogP contribution in [0.4, 0.5) is 9.18 Å². The van der Waals surface area contributed by atoms with Gasteiger partial charge in [-0.1, -0.05) is 23.7 Å². The lowest BCUT2D eigenvalue weighted by atomic mass is 9.92. The Kier molecular flexibility index (Phi) is 5.51. The number of likely N-dealkylation sites (tertiary alicyclic amines) is 1. The molecule has 0 saturated carbocycles. The number of carbonyl (C=O) groups is 3. The number of urea groups is 1. The van der Waals surface area contributed by atoms with Gasteiger partial charge in [0, 0.05) is 24.0 Å². The molecule has 2 fully saturated rings. The van der Waals surface area contributed by atoms with Gasteiger partial charge in [0.05, 0.1) is 0 Å². The van der Waals surface area contributed by atoms with Gasteiger partial charge >= 0.3 is 6.03 Å². The summed E-state index contributed by atoms with van der Waals surface area (Å²) in [6.07, 6.45) is 1.31. The van der Waals surface area contributed by atoms with Gasteiger partial charge in [-0.15, -0.1) is 0 Å². The lowest BCUT2D eigenvalue weighted by Gasteiger charge is -2.31. The zero-order valence-electron chi connectivity index (χ0n) is 18.4. The van der Waals surface area contributed by atoms with E-state index in [0.717, 1.165) is 4.90 Å². The third-order valence-electron chi connectivity index (χ3n) is 6.55. The predicted molar refractivity (Wildman–Crippen MR) is 122 cm³/mol. The Balaban J connectivity index is 1.22. The van der Waals surface area contributed by atoms with E-state index in [1.807, 2.05) is 0 Å². The highest BCUT2D eigenvalue weighted by molar-refractivity contribution is 6.31. The van der Waals surface area contributed by atoms with Crippen LogP contribution in [0.2, 0.25) is 5.02 Å². The Morgan fingerprint density at radius 3 is 2.62 bits per heavy atom. The average Bonchev–Trinajstić information content (AvgIpc) is 3.34. The van der Waals surface area contributed by atoms with E-state index in [-0.39, 0.29) is 18.4 Å². The van der Waals surface area contributed by atoms with E-state index in [1.165, 1.54) is 24.3 Å². The van der Waals surface area contributed by atoms with Crippen molar-refractivity contribution in [2.75, 3.05) is 19.6 Å². The van der Waals surface area contributed by atoms with Crippen LogP contribution in [-0.4, -0.2) is 52.3 Å². The van der Waals surface area contributed by atoms with Crippen molar-refractivity contribution in [3.05, 3.63) is 64.8 Å². The fourth-order valence-corrected chi connectivity index (χ4v) is 4.69. The van der Waals surface area contributed by atoms with E-state index < -0.39 is 23.3 Å². The van der Waals surface area contributed by atoms with E-state index in [9.17, 15) is 18.8 Å². The average molecular weight is 485 g/mol. The maximum absolute atomic E-state index is 13.3. The number of oxazole rings is 1. The molecule has 2 aromatic carbocycles. The van der Waals surface area contributed by atoms with Crippen molar-refractivity contribution in [3.63, 3.8) is 0 Å². The molecule has 3 aromatic rings. The van der Waals surface area contributed by atoms with Crippen molar-refractivity contribution in [1.29, 1.82) is 0 Å². The molecular weight excluding hydrogens is 463 g/mol. The maximum Gasteiger partial charge on any atom is 0.325 e. The van der Waals surface area contributed by atoms with Crippen molar-refractivity contribution >= 4 is 40.5 Å². The van der Waals surface area contributed by atoms with Gasteiger partial charge in [-0.05, 0) is 55.7 Å². The van der Waals surface area contributed by atoms with Crippen molar-refractivity contribution in [3.8, 4) is 0 Å². The second-order valence-electron chi connectivity index (χ2n) is 8.77. The van der Waals surface area contributed by atoms with Crippen LogP contribution < -0.4 is 5.32 Å².